The van der Waals surface area contributed by atoms with Crippen LogP contribution in [0.5, 0.6) is 23.0 Å². The number of anilines is 6. The van der Waals surface area contributed by atoms with Gasteiger partial charge in [-0.15, -0.1) is 20.5 Å². The summed E-state index contributed by atoms with van der Waals surface area (Å²) in [5.41, 5.74) is 4.10. The number of thioether (sulfide) groups is 1. The van der Waals surface area contributed by atoms with Crippen LogP contribution in [0.1, 0.15) is 33.3 Å². The van der Waals surface area contributed by atoms with E-state index >= 15 is 0 Å². The molecule has 0 bridgehead atoms. The van der Waals surface area contributed by atoms with Crippen molar-refractivity contribution < 1.29 is 44.9 Å². The summed E-state index contributed by atoms with van der Waals surface area (Å²) in [5.74, 6) is 1.36. The lowest BCUT2D eigenvalue weighted by Gasteiger charge is -2.25. The number of fused-ring (bicyclic) bond motifs is 2. The van der Waals surface area contributed by atoms with E-state index in [1.54, 1.807) is 24.3 Å². The van der Waals surface area contributed by atoms with Crippen molar-refractivity contribution in [2.45, 2.75) is 48.4 Å². The molecule has 3 heterocycles. The molecule has 0 saturated carbocycles. The zero-order chi connectivity index (χ0) is 54.3. The zero-order valence-corrected chi connectivity index (χ0v) is 46.2. The molecule has 23 nitrogen and oxygen atoms in total. The molecular formula is C48H51N13O10S5. The Morgan fingerprint density at radius 1 is 0.566 bits per heavy atom. The largest absolute Gasteiger partial charge is 0.495 e. The number of hydrogen-bond donors (Lipinski definition) is 4. The van der Waals surface area contributed by atoms with Gasteiger partial charge >= 0.3 is 0 Å². The highest BCUT2D eigenvalue weighted by Gasteiger charge is 2.27. The van der Waals surface area contributed by atoms with E-state index in [0.29, 0.717) is 71.3 Å². The summed E-state index contributed by atoms with van der Waals surface area (Å²) >= 11 is 3.11. The molecule has 398 valence electrons. The third kappa shape index (κ3) is 11.9. The summed E-state index contributed by atoms with van der Waals surface area (Å²) in [6, 6.07) is 22.6. The van der Waals surface area contributed by atoms with Gasteiger partial charge in [0.2, 0.25) is 11.9 Å². The second kappa shape index (κ2) is 23.7. The molecule has 0 saturated heterocycles. The molecule has 8 aromatic rings. The number of benzene rings is 5. The third-order valence-corrected chi connectivity index (χ3v) is 15.9. The fourth-order valence-electron chi connectivity index (χ4n) is 8.04. The molecule has 76 heavy (non-hydrogen) atoms. The van der Waals surface area contributed by atoms with Gasteiger partial charge in [-0.3, -0.25) is 9.11 Å². The minimum atomic E-state index is -4.81. The van der Waals surface area contributed by atoms with Gasteiger partial charge in [0.25, 0.3) is 20.2 Å². The minimum absolute atomic E-state index is 0.0233. The Morgan fingerprint density at radius 2 is 0.987 bits per heavy atom. The second-order valence-electron chi connectivity index (χ2n) is 16.0. The molecule has 0 amide bonds. The van der Waals surface area contributed by atoms with Crippen LogP contribution in [0.3, 0.4) is 0 Å². The summed E-state index contributed by atoms with van der Waals surface area (Å²) in [5, 5.41) is 25.4. The first-order valence-electron chi connectivity index (χ1n) is 23.2. The smallest absolute Gasteiger partial charge is 0.299 e. The van der Waals surface area contributed by atoms with E-state index in [1.807, 2.05) is 70.2 Å². The lowest BCUT2D eigenvalue weighted by atomic mass is 10.2. The summed E-state index contributed by atoms with van der Waals surface area (Å²) < 4.78 is 103. The highest BCUT2D eigenvalue weighted by molar-refractivity contribution is 7.98. The Hall–Kier alpha value is -7.34. The predicted molar refractivity (Wildman–Crippen MR) is 296 cm³/mol. The molecule has 0 radical (unpaired) electrons. The standard InChI is InChI=1S/C48H51N13O10S5/c1-9-60(10-2)34-22-30(32(24-38(34)70-7)54-56-44-40-28(58-73-44)18-20-36(68-5)42(40)75(62,63)64)49-46-51-47(53-48(52-46)72-26-27-16-14-13-15-17-27)50-31-23-35(61(11-3)12-4)39(71-8)25-33(31)55-57-45-41-29(59-74-45)19-21-37(69-6)43(41)76(65,66)67/h13-25H,9-12,26H2,1-8H3,(H,62,63,64)(H,65,66,67)(H2,49,50,51,52,53)/b56-54+,57-55+. The molecule has 0 fully saturated rings. The summed E-state index contributed by atoms with van der Waals surface area (Å²) in [6.07, 6.45) is 0. The molecular weight excluding hydrogens is 1080 g/mol. The first kappa shape index (κ1) is 54.9. The number of aromatic nitrogens is 5. The van der Waals surface area contributed by atoms with Crippen LogP contribution in [-0.4, -0.2) is 104 Å². The molecule has 4 N–H and O–H groups in total. The van der Waals surface area contributed by atoms with Gasteiger partial charge in [0.05, 0.1) is 73.0 Å². The van der Waals surface area contributed by atoms with Crippen molar-refractivity contribution >= 4 is 133 Å². The predicted octanol–water partition coefficient (Wildman–Crippen LogP) is 11.9. The quantitative estimate of drug-likeness (QED) is 0.0263. The van der Waals surface area contributed by atoms with Crippen LogP contribution in [0.2, 0.25) is 0 Å². The highest BCUT2D eigenvalue weighted by Crippen LogP contribution is 2.46. The molecule has 5 aromatic carbocycles. The average molecular weight is 1130 g/mol. The van der Waals surface area contributed by atoms with Gasteiger partial charge in [0.1, 0.15) is 44.2 Å². The Labute approximate surface area is 450 Å². The summed E-state index contributed by atoms with van der Waals surface area (Å²) in [7, 11) is -3.99. The first-order valence-corrected chi connectivity index (χ1v) is 28.6. The number of rotatable bonds is 23. The summed E-state index contributed by atoms with van der Waals surface area (Å²) in [4.78, 5) is 17.7. The number of ether oxygens (including phenoxy) is 4. The van der Waals surface area contributed by atoms with Crippen molar-refractivity contribution in [1.29, 1.82) is 0 Å². The van der Waals surface area contributed by atoms with Crippen molar-refractivity contribution in [3.63, 3.8) is 0 Å². The van der Waals surface area contributed by atoms with Gasteiger partial charge in [0.15, 0.2) is 15.2 Å². The van der Waals surface area contributed by atoms with Crippen LogP contribution in [0, 0.1) is 0 Å². The van der Waals surface area contributed by atoms with Crippen molar-refractivity contribution in [3.8, 4) is 23.0 Å². The first-order chi connectivity index (χ1) is 36.5. The van der Waals surface area contributed by atoms with Crippen LogP contribution < -0.4 is 39.4 Å². The number of hydrogen-bond acceptors (Lipinski definition) is 24. The van der Waals surface area contributed by atoms with Crippen LogP contribution in [0.25, 0.3) is 21.8 Å². The molecule has 0 unspecified atom stereocenters. The maximum atomic E-state index is 12.7. The molecule has 0 aliphatic carbocycles. The Balaban J connectivity index is 1.28. The van der Waals surface area contributed by atoms with Crippen molar-refractivity contribution in [2.24, 2.45) is 20.5 Å². The van der Waals surface area contributed by atoms with Crippen LogP contribution in [0.15, 0.2) is 114 Å². The van der Waals surface area contributed by atoms with E-state index in [2.05, 4.69) is 49.6 Å². The van der Waals surface area contributed by atoms with Gasteiger partial charge in [-0.1, -0.05) is 42.1 Å². The lowest BCUT2D eigenvalue weighted by molar-refractivity contribution is 0.398. The normalized spacial score (nSPS) is 12.0. The number of nitrogens with one attached hydrogen (secondary N) is 2. The second-order valence-corrected chi connectivity index (χ2v) is 21.2. The van der Waals surface area contributed by atoms with Crippen molar-refractivity contribution in [1.82, 2.24) is 23.7 Å². The van der Waals surface area contributed by atoms with Crippen molar-refractivity contribution in [2.75, 3.05) is 75.1 Å². The fourth-order valence-corrected chi connectivity index (χ4v) is 12.1. The third-order valence-electron chi connectivity index (χ3n) is 11.7. The van der Waals surface area contributed by atoms with Crippen molar-refractivity contribution in [3.05, 3.63) is 84.4 Å². The maximum absolute atomic E-state index is 12.7. The maximum Gasteiger partial charge on any atom is 0.299 e. The van der Waals surface area contributed by atoms with E-state index in [4.69, 9.17) is 33.9 Å². The molecule has 0 aliphatic heterocycles. The monoisotopic (exact) mass is 1130 g/mol. The summed E-state index contributed by atoms with van der Waals surface area (Å²) in [6.45, 7) is 10.5. The Kier molecular flexibility index (Phi) is 17.1. The molecule has 0 aliphatic rings. The molecule has 3 aromatic heterocycles. The van der Waals surface area contributed by atoms with Gasteiger partial charge in [-0.25, -0.2) is 0 Å². The average Bonchev–Trinajstić information content (AvgIpc) is 4.04. The van der Waals surface area contributed by atoms with Crippen LogP contribution >= 0.6 is 34.8 Å². The topological polar surface area (TPSA) is 290 Å². The van der Waals surface area contributed by atoms with Gasteiger partial charge in [0, 0.05) is 44.1 Å². The lowest BCUT2D eigenvalue weighted by Crippen LogP contribution is -2.22. The van der Waals surface area contributed by atoms with E-state index in [1.165, 1.54) is 52.3 Å². The number of azo groups is 2. The Bertz CT molecular complexity index is 3490. The highest BCUT2D eigenvalue weighted by atomic mass is 32.2. The van der Waals surface area contributed by atoms with E-state index in [-0.39, 0.29) is 66.6 Å². The van der Waals surface area contributed by atoms with Crippen LogP contribution in [0.4, 0.5) is 56.0 Å². The molecule has 0 spiro atoms. The van der Waals surface area contributed by atoms with E-state index in [9.17, 15) is 25.9 Å². The Morgan fingerprint density at radius 3 is 1.37 bits per heavy atom. The van der Waals surface area contributed by atoms with Gasteiger partial charge in [-0.2, -0.15) is 40.5 Å². The molecule has 0 atom stereocenters. The van der Waals surface area contributed by atoms with E-state index < -0.39 is 30.0 Å². The van der Waals surface area contributed by atoms with Gasteiger partial charge < -0.3 is 39.4 Å². The zero-order valence-electron chi connectivity index (χ0n) is 42.2. The van der Waals surface area contributed by atoms with Gasteiger partial charge in [-0.05, 0) is 92.7 Å². The minimum Gasteiger partial charge on any atom is -0.495 e. The van der Waals surface area contributed by atoms with Crippen LogP contribution in [-0.2, 0) is 26.0 Å². The molecule has 8 rings (SSSR count). The number of nitrogens with zero attached hydrogens (tertiary/aromatic N) is 11. The number of methoxy groups -OCH3 is 4. The van der Waals surface area contributed by atoms with E-state index in [0.717, 1.165) is 28.6 Å². The fraction of sp³-hybridized carbons (Fsp3) is 0.271. The SMILES string of the molecule is CCN(CC)c1cc(Nc2nc(Nc3cc(N(CC)CC)c(OC)cc3/N=N/c3snc4ccc(OC)c(S(=O)(=O)O)c34)nc(SCc3ccccc3)n2)c(/N=N/c2snc3ccc(OC)c(S(=O)(=O)O)c23)cc1OC. The molecule has 28 heteroatoms.